The zero-order chi connectivity index (χ0) is 16.4. The number of carbonyl (C=O) groups excluding carboxylic acids is 2. The maximum absolute atomic E-state index is 12.5. The van der Waals surface area contributed by atoms with Crippen molar-refractivity contribution < 1.29 is 9.59 Å². The fourth-order valence-electron chi connectivity index (χ4n) is 3.88. The third kappa shape index (κ3) is 3.26. The van der Waals surface area contributed by atoms with Crippen LogP contribution in [0.1, 0.15) is 50.2 Å². The van der Waals surface area contributed by atoms with Gasteiger partial charge in [-0.15, -0.1) is 0 Å². The van der Waals surface area contributed by atoms with Gasteiger partial charge in [0.1, 0.15) is 0 Å². The van der Waals surface area contributed by atoms with E-state index >= 15 is 0 Å². The SMILES string of the molecule is CCc1cccc(C)c1N1CC(C(=O)NC2CCCC2)CC1=O. The minimum atomic E-state index is -0.215. The lowest BCUT2D eigenvalue weighted by Gasteiger charge is -2.22. The molecule has 4 heteroatoms. The highest BCUT2D eigenvalue weighted by Crippen LogP contribution is 2.32. The largest absolute Gasteiger partial charge is 0.353 e. The molecule has 1 atom stereocenters. The number of carbonyl (C=O) groups is 2. The number of rotatable bonds is 4. The average Bonchev–Trinajstić information content (AvgIpc) is 3.16. The summed E-state index contributed by atoms with van der Waals surface area (Å²) in [6.07, 6.45) is 5.77. The van der Waals surface area contributed by atoms with Gasteiger partial charge < -0.3 is 10.2 Å². The number of benzene rings is 1. The van der Waals surface area contributed by atoms with E-state index in [1.165, 1.54) is 18.4 Å². The first-order valence-corrected chi connectivity index (χ1v) is 8.79. The van der Waals surface area contributed by atoms with Crippen LogP contribution in [0.4, 0.5) is 5.69 Å². The topological polar surface area (TPSA) is 49.4 Å². The van der Waals surface area contributed by atoms with Crippen LogP contribution in [0.3, 0.4) is 0 Å². The van der Waals surface area contributed by atoms with Crippen molar-refractivity contribution in [1.82, 2.24) is 5.32 Å². The third-order valence-corrected chi connectivity index (χ3v) is 5.17. The van der Waals surface area contributed by atoms with Crippen molar-refractivity contribution in [3.8, 4) is 0 Å². The second kappa shape index (κ2) is 6.73. The van der Waals surface area contributed by atoms with Gasteiger partial charge >= 0.3 is 0 Å². The van der Waals surface area contributed by atoms with Crippen molar-refractivity contribution in [1.29, 1.82) is 0 Å². The van der Waals surface area contributed by atoms with E-state index in [0.29, 0.717) is 19.0 Å². The molecule has 1 aliphatic heterocycles. The number of hydrogen-bond donors (Lipinski definition) is 1. The van der Waals surface area contributed by atoms with E-state index in [0.717, 1.165) is 30.5 Å². The van der Waals surface area contributed by atoms with Crippen molar-refractivity contribution in [2.24, 2.45) is 5.92 Å². The van der Waals surface area contributed by atoms with Crippen LogP contribution in [-0.4, -0.2) is 24.4 Å². The van der Waals surface area contributed by atoms with Crippen LogP contribution in [0, 0.1) is 12.8 Å². The van der Waals surface area contributed by atoms with Crippen LogP contribution in [0.5, 0.6) is 0 Å². The van der Waals surface area contributed by atoms with Crippen molar-refractivity contribution in [3.63, 3.8) is 0 Å². The maximum Gasteiger partial charge on any atom is 0.227 e. The van der Waals surface area contributed by atoms with Crippen LogP contribution < -0.4 is 10.2 Å². The van der Waals surface area contributed by atoms with Gasteiger partial charge in [-0.25, -0.2) is 0 Å². The van der Waals surface area contributed by atoms with Gasteiger partial charge in [0.25, 0.3) is 0 Å². The van der Waals surface area contributed by atoms with E-state index in [2.05, 4.69) is 18.3 Å². The van der Waals surface area contributed by atoms with Gasteiger partial charge in [-0.05, 0) is 37.3 Å². The van der Waals surface area contributed by atoms with Gasteiger partial charge in [-0.1, -0.05) is 38.0 Å². The fourth-order valence-corrected chi connectivity index (χ4v) is 3.88. The molecule has 1 aromatic rings. The molecule has 0 aromatic heterocycles. The molecule has 23 heavy (non-hydrogen) atoms. The van der Waals surface area contributed by atoms with E-state index in [1.54, 1.807) is 0 Å². The Hall–Kier alpha value is -1.84. The molecule has 0 bridgehead atoms. The number of nitrogens with zero attached hydrogens (tertiary/aromatic N) is 1. The number of nitrogens with one attached hydrogen (secondary N) is 1. The normalized spacial score (nSPS) is 21.9. The highest BCUT2D eigenvalue weighted by molar-refractivity contribution is 6.01. The lowest BCUT2D eigenvalue weighted by atomic mass is 10.0. The molecule has 4 nitrogen and oxygen atoms in total. The van der Waals surface area contributed by atoms with Crippen molar-refractivity contribution in [2.45, 2.75) is 58.4 Å². The number of para-hydroxylation sites is 1. The number of anilines is 1. The minimum absolute atomic E-state index is 0.0550. The average molecular weight is 314 g/mol. The van der Waals surface area contributed by atoms with Gasteiger partial charge in [0.05, 0.1) is 5.92 Å². The molecule has 1 N–H and O–H groups in total. The highest BCUT2D eigenvalue weighted by Gasteiger charge is 2.37. The molecule has 2 amide bonds. The summed E-state index contributed by atoms with van der Waals surface area (Å²) >= 11 is 0. The maximum atomic E-state index is 12.5. The first-order valence-electron chi connectivity index (χ1n) is 8.79. The number of hydrogen-bond acceptors (Lipinski definition) is 2. The first-order chi connectivity index (χ1) is 11.1. The Bertz CT molecular complexity index is 605. The second-order valence-electron chi connectivity index (χ2n) is 6.83. The Kier molecular flexibility index (Phi) is 4.69. The molecular formula is C19H26N2O2. The summed E-state index contributed by atoms with van der Waals surface area (Å²) in [4.78, 5) is 26.8. The molecule has 1 heterocycles. The van der Waals surface area contributed by atoms with E-state index in [1.807, 2.05) is 24.0 Å². The second-order valence-corrected chi connectivity index (χ2v) is 6.83. The first kappa shape index (κ1) is 16.0. The lowest BCUT2D eigenvalue weighted by Crippen LogP contribution is -2.38. The third-order valence-electron chi connectivity index (χ3n) is 5.17. The standard InChI is InChI=1S/C19H26N2O2/c1-3-14-8-6-7-13(2)18(14)21-12-15(11-17(21)22)19(23)20-16-9-4-5-10-16/h6-8,15-16H,3-5,9-12H2,1-2H3,(H,20,23). The van der Waals surface area contributed by atoms with E-state index in [9.17, 15) is 9.59 Å². The van der Waals surface area contributed by atoms with Gasteiger partial charge in [-0.3, -0.25) is 9.59 Å². The summed E-state index contributed by atoms with van der Waals surface area (Å²) in [5.41, 5.74) is 3.29. The number of aryl methyl sites for hydroxylation is 2. The number of amides is 2. The zero-order valence-electron chi connectivity index (χ0n) is 14.1. The summed E-state index contributed by atoms with van der Waals surface area (Å²) in [6.45, 7) is 4.64. The molecule has 1 saturated heterocycles. The Morgan fingerprint density at radius 3 is 2.74 bits per heavy atom. The molecule has 1 unspecified atom stereocenters. The van der Waals surface area contributed by atoms with Crippen molar-refractivity contribution in [3.05, 3.63) is 29.3 Å². The Morgan fingerprint density at radius 2 is 2.04 bits per heavy atom. The van der Waals surface area contributed by atoms with Crippen molar-refractivity contribution >= 4 is 17.5 Å². The molecule has 1 aromatic carbocycles. The molecule has 0 radical (unpaired) electrons. The highest BCUT2D eigenvalue weighted by atomic mass is 16.2. The summed E-state index contributed by atoms with van der Waals surface area (Å²) < 4.78 is 0. The fraction of sp³-hybridized carbons (Fsp3) is 0.579. The van der Waals surface area contributed by atoms with Gasteiger partial charge in [0.15, 0.2) is 0 Å². The summed E-state index contributed by atoms with van der Waals surface area (Å²) in [6, 6.07) is 6.45. The van der Waals surface area contributed by atoms with Crippen LogP contribution in [-0.2, 0) is 16.0 Å². The molecular weight excluding hydrogens is 288 g/mol. The predicted molar refractivity (Wildman–Crippen MR) is 91.4 cm³/mol. The van der Waals surface area contributed by atoms with Crippen LogP contribution in [0.2, 0.25) is 0 Å². The van der Waals surface area contributed by atoms with Crippen LogP contribution in [0.25, 0.3) is 0 Å². The van der Waals surface area contributed by atoms with Crippen LogP contribution in [0.15, 0.2) is 18.2 Å². The monoisotopic (exact) mass is 314 g/mol. The smallest absolute Gasteiger partial charge is 0.227 e. The quantitative estimate of drug-likeness (QED) is 0.929. The molecule has 1 saturated carbocycles. The van der Waals surface area contributed by atoms with Crippen LogP contribution >= 0.6 is 0 Å². The Labute approximate surface area is 138 Å². The molecule has 2 aliphatic rings. The van der Waals surface area contributed by atoms with E-state index < -0.39 is 0 Å². The molecule has 0 spiro atoms. The Morgan fingerprint density at radius 1 is 1.30 bits per heavy atom. The van der Waals surface area contributed by atoms with E-state index in [4.69, 9.17) is 0 Å². The molecule has 1 aliphatic carbocycles. The minimum Gasteiger partial charge on any atom is -0.353 e. The summed E-state index contributed by atoms with van der Waals surface area (Å²) in [5, 5.41) is 3.14. The molecule has 3 rings (SSSR count). The predicted octanol–water partition coefficient (Wildman–Crippen LogP) is 2.97. The molecule has 124 valence electrons. The van der Waals surface area contributed by atoms with Gasteiger partial charge in [0, 0.05) is 24.7 Å². The summed E-state index contributed by atoms with van der Waals surface area (Å²) in [7, 11) is 0. The molecule has 2 fully saturated rings. The van der Waals surface area contributed by atoms with Crippen molar-refractivity contribution in [2.75, 3.05) is 11.4 Å². The zero-order valence-corrected chi connectivity index (χ0v) is 14.1. The van der Waals surface area contributed by atoms with Gasteiger partial charge in [0.2, 0.25) is 11.8 Å². The Balaban J connectivity index is 1.74. The van der Waals surface area contributed by atoms with E-state index in [-0.39, 0.29) is 17.7 Å². The van der Waals surface area contributed by atoms with Gasteiger partial charge in [-0.2, -0.15) is 0 Å². The summed E-state index contributed by atoms with van der Waals surface area (Å²) in [5.74, 6) is -0.0904. The lowest BCUT2D eigenvalue weighted by molar-refractivity contribution is -0.126.